The largest absolute Gasteiger partial charge is 0.356 e. The summed E-state index contributed by atoms with van der Waals surface area (Å²) in [5.74, 6) is 2.89. The molecule has 1 heterocycles. The average Bonchev–Trinajstić information content (AvgIpc) is 3.42. The van der Waals surface area contributed by atoms with Crippen LogP contribution in [0.3, 0.4) is 0 Å². The van der Waals surface area contributed by atoms with Gasteiger partial charge in [-0.25, -0.2) is 4.98 Å². The first-order valence-electron chi connectivity index (χ1n) is 8.59. The van der Waals surface area contributed by atoms with Crippen LogP contribution in [0.1, 0.15) is 36.8 Å². The van der Waals surface area contributed by atoms with Gasteiger partial charge in [0.15, 0.2) is 0 Å². The molecule has 2 aromatic rings. The number of pyridine rings is 1. The minimum atomic E-state index is 0.568. The molecule has 2 saturated carbocycles. The van der Waals surface area contributed by atoms with Crippen molar-refractivity contribution in [2.75, 3.05) is 18.0 Å². The Hall–Kier alpha value is -1.61. The van der Waals surface area contributed by atoms with Crippen molar-refractivity contribution in [3.8, 4) is 0 Å². The van der Waals surface area contributed by atoms with E-state index in [2.05, 4.69) is 36.1 Å². The van der Waals surface area contributed by atoms with Gasteiger partial charge in [-0.05, 0) is 56.1 Å². The van der Waals surface area contributed by atoms with Crippen molar-refractivity contribution in [2.24, 2.45) is 17.6 Å². The molecule has 0 spiro atoms. The third-order valence-corrected chi connectivity index (χ3v) is 4.97. The monoisotopic (exact) mass is 295 g/mol. The van der Waals surface area contributed by atoms with Gasteiger partial charge in [0, 0.05) is 30.6 Å². The number of nitrogens with zero attached hydrogens (tertiary/aromatic N) is 2. The lowest BCUT2D eigenvalue weighted by Gasteiger charge is -2.26. The molecular weight excluding hydrogens is 270 g/mol. The van der Waals surface area contributed by atoms with E-state index >= 15 is 0 Å². The first-order chi connectivity index (χ1) is 10.7. The molecule has 0 aliphatic heterocycles. The lowest BCUT2D eigenvalue weighted by molar-refractivity contribution is 0.669. The molecule has 4 rings (SSSR count). The Labute approximate surface area is 132 Å². The fourth-order valence-corrected chi connectivity index (χ4v) is 3.28. The van der Waals surface area contributed by atoms with Gasteiger partial charge < -0.3 is 10.6 Å². The van der Waals surface area contributed by atoms with Gasteiger partial charge >= 0.3 is 0 Å². The van der Waals surface area contributed by atoms with E-state index in [1.165, 1.54) is 42.2 Å². The number of aromatic nitrogens is 1. The average molecular weight is 295 g/mol. The molecule has 0 amide bonds. The molecule has 2 N–H and O–H groups in total. The second-order valence-corrected chi connectivity index (χ2v) is 7.11. The van der Waals surface area contributed by atoms with Crippen LogP contribution in [0.4, 0.5) is 5.82 Å². The van der Waals surface area contributed by atoms with E-state index in [4.69, 9.17) is 10.7 Å². The summed E-state index contributed by atoms with van der Waals surface area (Å²) >= 11 is 0. The summed E-state index contributed by atoms with van der Waals surface area (Å²) < 4.78 is 0. The number of benzene rings is 1. The zero-order valence-electron chi connectivity index (χ0n) is 13.4. The molecule has 0 unspecified atom stereocenters. The second kappa shape index (κ2) is 5.54. The van der Waals surface area contributed by atoms with E-state index in [-0.39, 0.29) is 0 Å². The smallest absolute Gasteiger partial charge is 0.133 e. The molecule has 3 heteroatoms. The fourth-order valence-electron chi connectivity index (χ4n) is 3.28. The molecule has 0 radical (unpaired) electrons. The first-order valence-corrected chi connectivity index (χ1v) is 8.59. The molecule has 1 aromatic carbocycles. The summed E-state index contributed by atoms with van der Waals surface area (Å²) in [4.78, 5) is 7.58. The van der Waals surface area contributed by atoms with Crippen molar-refractivity contribution in [1.29, 1.82) is 0 Å². The van der Waals surface area contributed by atoms with Crippen molar-refractivity contribution in [2.45, 2.75) is 39.2 Å². The Morgan fingerprint density at radius 2 is 1.82 bits per heavy atom. The van der Waals surface area contributed by atoms with E-state index in [9.17, 15) is 0 Å². The van der Waals surface area contributed by atoms with Crippen LogP contribution in [0.25, 0.3) is 10.9 Å². The lowest BCUT2D eigenvalue weighted by atomic mass is 10.1. The first kappa shape index (κ1) is 14.0. The van der Waals surface area contributed by atoms with Gasteiger partial charge in [0.1, 0.15) is 5.82 Å². The molecule has 116 valence electrons. The Bertz CT molecular complexity index is 672. The number of anilines is 1. The molecule has 2 aliphatic rings. The highest BCUT2D eigenvalue weighted by atomic mass is 15.2. The Morgan fingerprint density at radius 3 is 2.41 bits per heavy atom. The van der Waals surface area contributed by atoms with Gasteiger partial charge in [0.05, 0.1) is 5.52 Å². The SMILES string of the molecule is Cc1cccc2cc(CN)c(N(CC3CC3)CC3CC3)nc12. The summed E-state index contributed by atoms with van der Waals surface area (Å²) in [6.07, 6.45) is 5.52. The third kappa shape index (κ3) is 2.82. The number of para-hydroxylation sites is 1. The van der Waals surface area contributed by atoms with Gasteiger partial charge in [-0.3, -0.25) is 0 Å². The summed E-state index contributed by atoms with van der Waals surface area (Å²) in [6, 6.07) is 8.64. The maximum absolute atomic E-state index is 6.04. The van der Waals surface area contributed by atoms with Gasteiger partial charge in [-0.1, -0.05) is 18.2 Å². The summed E-state index contributed by atoms with van der Waals surface area (Å²) in [5.41, 5.74) is 9.62. The van der Waals surface area contributed by atoms with E-state index in [1.54, 1.807) is 0 Å². The minimum absolute atomic E-state index is 0.568. The highest BCUT2D eigenvalue weighted by molar-refractivity contribution is 5.84. The Balaban J connectivity index is 1.76. The predicted molar refractivity (Wildman–Crippen MR) is 92.0 cm³/mol. The van der Waals surface area contributed by atoms with E-state index in [0.717, 1.165) is 36.3 Å². The van der Waals surface area contributed by atoms with Crippen LogP contribution in [0, 0.1) is 18.8 Å². The van der Waals surface area contributed by atoms with Crippen LogP contribution in [0.2, 0.25) is 0 Å². The van der Waals surface area contributed by atoms with E-state index < -0.39 is 0 Å². The highest BCUT2D eigenvalue weighted by Crippen LogP contribution is 2.36. The van der Waals surface area contributed by atoms with Crippen LogP contribution in [0.15, 0.2) is 24.3 Å². The molecule has 2 fully saturated rings. The molecular formula is C19H25N3. The van der Waals surface area contributed by atoms with Crippen molar-refractivity contribution in [3.63, 3.8) is 0 Å². The van der Waals surface area contributed by atoms with Gasteiger partial charge in [0.25, 0.3) is 0 Å². The lowest BCUT2D eigenvalue weighted by Crippen LogP contribution is -2.30. The van der Waals surface area contributed by atoms with Gasteiger partial charge in [0.2, 0.25) is 0 Å². The third-order valence-electron chi connectivity index (χ3n) is 4.97. The number of hydrogen-bond acceptors (Lipinski definition) is 3. The number of aryl methyl sites for hydroxylation is 1. The molecule has 3 nitrogen and oxygen atoms in total. The molecule has 0 saturated heterocycles. The maximum Gasteiger partial charge on any atom is 0.133 e. The number of fused-ring (bicyclic) bond motifs is 1. The van der Waals surface area contributed by atoms with Crippen molar-refractivity contribution >= 4 is 16.7 Å². The fraction of sp³-hybridized carbons (Fsp3) is 0.526. The normalized spacial score (nSPS) is 17.9. The highest BCUT2D eigenvalue weighted by Gasteiger charge is 2.30. The van der Waals surface area contributed by atoms with Crippen LogP contribution in [-0.2, 0) is 6.54 Å². The molecule has 22 heavy (non-hydrogen) atoms. The van der Waals surface area contributed by atoms with Crippen molar-refractivity contribution in [1.82, 2.24) is 4.98 Å². The van der Waals surface area contributed by atoms with Crippen molar-refractivity contribution in [3.05, 3.63) is 35.4 Å². The summed E-state index contributed by atoms with van der Waals surface area (Å²) in [5, 5.41) is 1.21. The number of nitrogens with two attached hydrogens (primary N) is 1. The molecule has 0 bridgehead atoms. The summed E-state index contributed by atoms with van der Waals surface area (Å²) in [7, 11) is 0. The zero-order chi connectivity index (χ0) is 15.1. The van der Waals surface area contributed by atoms with Gasteiger partial charge in [-0.2, -0.15) is 0 Å². The molecule has 1 aromatic heterocycles. The van der Waals surface area contributed by atoms with E-state index in [0.29, 0.717) is 6.54 Å². The van der Waals surface area contributed by atoms with Crippen LogP contribution >= 0.6 is 0 Å². The molecule has 2 aliphatic carbocycles. The Morgan fingerprint density at radius 1 is 1.14 bits per heavy atom. The quantitative estimate of drug-likeness (QED) is 0.885. The minimum Gasteiger partial charge on any atom is -0.356 e. The Kier molecular flexibility index (Phi) is 3.53. The van der Waals surface area contributed by atoms with E-state index in [1.807, 2.05) is 0 Å². The standard InChI is InChI=1S/C19H25N3/c1-13-3-2-4-16-9-17(10-20)19(21-18(13)16)22(11-14-5-6-14)12-15-7-8-15/h2-4,9,14-15H,5-8,10-12,20H2,1H3. The predicted octanol–water partition coefficient (Wildman–Crippen LogP) is 3.63. The van der Waals surface area contributed by atoms with Crippen LogP contribution in [-0.4, -0.2) is 18.1 Å². The second-order valence-electron chi connectivity index (χ2n) is 7.11. The van der Waals surface area contributed by atoms with Crippen molar-refractivity contribution < 1.29 is 0 Å². The molecule has 0 atom stereocenters. The number of rotatable bonds is 6. The van der Waals surface area contributed by atoms with Crippen LogP contribution in [0.5, 0.6) is 0 Å². The zero-order valence-corrected chi connectivity index (χ0v) is 13.4. The topological polar surface area (TPSA) is 42.1 Å². The van der Waals surface area contributed by atoms with Crippen LogP contribution < -0.4 is 10.6 Å². The number of hydrogen-bond donors (Lipinski definition) is 1. The maximum atomic E-state index is 6.04. The van der Waals surface area contributed by atoms with Gasteiger partial charge in [-0.15, -0.1) is 0 Å². The summed E-state index contributed by atoms with van der Waals surface area (Å²) in [6.45, 7) is 5.03.